The Bertz CT molecular complexity index is 313. The van der Waals surface area contributed by atoms with Crippen molar-refractivity contribution in [3.8, 4) is 0 Å². The van der Waals surface area contributed by atoms with Gasteiger partial charge in [0.15, 0.2) is 0 Å². The van der Waals surface area contributed by atoms with Crippen LogP contribution in [0.15, 0.2) is 23.8 Å². The van der Waals surface area contributed by atoms with Crippen LogP contribution in [0.2, 0.25) is 0 Å². The van der Waals surface area contributed by atoms with Gasteiger partial charge in [0.2, 0.25) is 0 Å². The molecular weight excluding hydrogens is 200 g/mol. The maximum absolute atomic E-state index is 11.5. The first-order valence-electron chi connectivity index (χ1n) is 5.95. The summed E-state index contributed by atoms with van der Waals surface area (Å²) in [5, 5.41) is 0. The van der Waals surface area contributed by atoms with Gasteiger partial charge in [-0.3, -0.25) is 0 Å². The summed E-state index contributed by atoms with van der Waals surface area (Å²) >= 11 is 0. The van der Waals surface area contributed by atoms with E-state index < -0.39 is 0 Å². The van der Waals surface area contributed by atoms with Gasteiger partial charge in [0.05, 0.1) is 0 Å². The van der Waals surface area contributed by atoms with Crippen molar-refractivity contribution < 1.29 is 9.53 Å². The van der Waals surface area contributed by atoms with Gasteiger partial charge in [-0.1, -0.05) is 26.5 Å². The predicted octanol–water partition coefficient (Wildman–Crippen LogP) is 3.49. The van der Waals surface area contributed by atoms with Crippen LogP contribution in [0, 0.1) is 11.8 Å². The molecule has 2 atom stereocenters. The molecule has 1 rings (SSSR count). The van der Waals surface area contributed by atoms with Gasteiger partial charge in [0.1, 0.15) is 6.10 Å². The number of hydrogen-bond acceptors (Lipinski definition) is 2. The molecule has 0 amide bonds. The standard InChI is InChI=1S/C14H22O2/c1-9(2)12-7-6-11(5)13(8-12)16-14(15)10(3)4/h6,9,12-13H,3,7-8H2,1-2,4-5H3/t12-,13-/m1/s1. The minimum atomic E-state index is -0.276. The number of esters is 1. The van der Waals surface area contributed by atoms with Gasteiger partial charge in [-0.15, -0.1) is 0 Å². The van der Waals surface area contributed by atoms with Gasteiger partial charge in [-0.2, -0.15) is 0 Å². The van der Waals surface area contributed by atoms with Crippen molar-refractivity contribution in [2.75, 3.05) is 0 Å². The summed E-state index contributed by atoms with van der Waals surface area (Å²) in [6.45, 7) is 11.8. The Morgan fingerprint density at radius 1 is 1.56 bits per heavy atom. The van der Waals surface area contributed by atoms with E-state index in [9.17, 15) is 4.79 Å². The van der Waals surface area contributed by atoms with Gasteiger partial charge in [-0.05, 0) is 44.1 Å². The molecule has 0 saturated heterocycles. The van der Waals surface area contributed by atoms with Crippen LogP contribution in [0.1, 0.15) is 40.5 Å². The summed E-state index contributed by atoms with van der Waals surface area (Å²) in [6.07, 6.45) is 4.19. The molecule has 1 aliphatic carbocycles. The second-order valence-corrected chi connectivity index (χ2v) is 5.10. The van der Waals surface area contributed by atoms with Crippen LogP contribution in [0.4, 0.5) is 0 Å². The number of rotatable bonds is 3. The molecular formula is C14H22O2. The molecule has 0 aromatic rings. The first-order chi connectivity index (χ1) is 7.41. The Morgan fingerprint density at radius 3 is 2.69 bits per heavy atom. The molecule has 0 spiro atoms. The van der Waals surface area contributed by atoms with Crippen molar-refractivity contribution in [3.05, 3.63) is 23.8 Å². The van der Waals surface area contributed by atoms with Crippen molar-refractivity contribution in [3.63, 3.8) is 0 Å². The summed E-state index contributed by atoms with van der Waals surface area (Å²) in [7, 11) is 0. The summed E-state index contributed by atoms with van der Waals surface area (Å²) in [4.78, 5) is 11.5. The molecule has 0 heterocycles. The monoisotopic (exact) mass is 222 g/mol. The fourth-order valence-electron chi connectivity index (χ4n) is 1.94. The quantitative estimate of drug-likeness (QED) is 0.415. The first kappa shape index (κ1) is 13.0. The van der Waals surface area contributed by atoms with E-state index in [1.165, 1.54) is 5.57 Å². The average molecular weight is 222 g/mol. The SMILES string of the molecule is C=C(C)C(=O)O[C@@H]1C[C@H](C(C)C)CC=C1C. The third kappa shape index (κ3) is 3.22. The van der Waals surface area contributed by atoms with Crippen LogP contribution in [-0.4, -0.2) is 12.1 Å². The molecule has 0 radical (unpaired) electrons. The number of carbonyl (C=O) groups excluding carboxylic acids is 1. The highest BCUT2D eigenvalue weighted by molar-refractivity contribution is 5.87. The minimum Gasteiger partial charge on any atom is -0.455 e. The van der Waals surface area contributed by atoms with Crippen molar-refractivity contribution >= 4 is 5.97 Å². The molecule has 2 nitrogen and oxygen atoms in total. The number of ether oxygens (including phenoxy) is 1. The lowest BCUT2D eigenvalue weighted by atomic mass is 9.81. The maximum Gasteiger partial charge on any atom is 0.333 e. The lowest BCUT2D eigenvalue weighted by molar-refractivity contribution is -0.143. The normalized spacial score (nSPS) is 25.2. The number of carbonyl (C=O) groups is 1. The smallest absolute Gasteiger partial charge is 0.333 e. The predicted molar refractivity (Wildman–Crippen MR) is 66.0 cm³/mol. The van der Waals surface area contributed by atoms with E-state index in [1.807, 2.05) is 6.92 Å². The van der Waals surface area contributed by atoms with E-state index in [1.54, 1.807) is 6.92 Å². The van der Waals surface area contributed by atoms with Gasteiger partial charge in [-0.25, -0.2) is 4.79 Å². The van der Waals surface area contributed by atoms with E-state index >= 15 is 0 Å². The Balaban J connectivity index is 2.65. The molecule has 0 saturated carbocycles. The zero-order valence-electron chi connectivity index (χ0n) is 10.7. The zero-order chi connectivity index (χ0) is 12.3. The van der Waals surface area contributed by atoms with Gasteiger partial charge < -0.3 is 4.74 Å². The fraction of sp³-hybridized carbons (Fsp3) is 0.643. The van der Waals surface area contributed by atoms with Crippen molar-refractivity contribution in [1.82, 2.24) is 0 Å². The van der Waals surface area contributed by atoms with E-state index in [0.717, 1.165) is 12.8 Å². The van der Waals surface area contributed by atoms with E-state index in [-0.39, 0.29) is 12.1 Å². The van der Waals surface area contributed by atoms with Crippen LogP contribution in [0.5, 0.6) is 0 Å². The summed E-state index contributed by atoms with van der Waals surface area (Å²) in [5.41, 5.74) is 1.64. The van der Waals surface area contributed by atoms with Crippen LogP contribution in [0.25, 0.3) is 0 Å². The largest absolute Gasteiger partial charge is 0.455 e. The Hall–Kier alpha value is -1.05. The molecule has 0 N–H and O–H groups in total. The Morgan fingerprint density at radius 2 is 2.19 bits per heavy atom. The van der Waals surface area contributed by atoms with Crippen LogP contribution < -0.4 is 0 Å². The zero-order valence-corrected chi connectivity index (χ0v) is 10.7. The van der Waals surface area contributed by atoms with Gasteiger partial charge in [0.25, 0.3) is 0 Å². The molecule has 0 unspecified atom stereocenters. The number of hydrogen-bond donors (Lipinski definition) is 0. The van der Waals surface area contributed by atoms with Gasteiger partial charge in [0, 0.05) is 5.57 Å². The molecule has 0 aliphatic heterocycles. The van der Waals surface area contributed by atoms with Gasteiger partial charge >= 0.3 is 5.97 Å². The van der Waals surface area contributed by atoms with Crippen molar-refractivity contribution in [2.24, 2.45) is 11.8 Å². The lowest BCUT2D eigenvalue weighted by Crippen LogP contribution is -2.27. The third-order valence-electron chi connectivity index (χ3n) is 3.31. The second kappa shape index (κ2) is 5.33. The van der Waals surface area contributed by atoms with Crippen LogP contribution >= 0.6 is 0 Å². The molecule has 1 aliphatic rings. The molecule has 2 heteroatoms. The van der Waals surface area contributed by atoms with E-state index in [0.29, 0.717) is 17.4 Å². The molecule has 90 valence electrons. The molecule has 0 fully saturated rings. The highest BCUT2D eigenvalue weighted by atomic mass is 16.5. The van der Waals surface area contributed by atoms with Crippen LogP contribution in [0.3, 0.4) is 0 Å². The van der Waals surface area contributed by atoms with Crippen LogP contribution in [-0.2, 0) is 9.53 Å². The number of allylic oxidation sites excluding steroid dienone is 1. The minimum absolute atomic E-state index is 0.0506. The topological polar surface area (TPSA) is 26.3 Å². The van der Waals surface area contributed by atoms with E-state index in [4.69, 9.17) is 4.74 Å². The van der Waals surface area contributed by atoms with Crippen molar-refractivity contribution in [2.45, 2.75) is 46.6 Å². The summed E-state index contributed by atoms with van der Waals surface area (Å²) in [5.74, 6) is 0.976. The molecule has 0 aromatic heterocycles. The Kier molecular flexibility index (Phi) is 4.34. The molecule has 16 heavy (non-hydrogen) atoms. The molecule has 0 bridgehead atoms. The lowest BCUT2D eigenvalue weighted by Gasteiger charge is -2.30. The third-order valence-corrected chi connectivity index (χ3v) is 3.31. The average Bonchev–Trinajstić information content (AvgIpc) is 2.20. The summed E-state index contributed by atoms with van der Waals surface area (Å²) in [6, 6.07) is 0. The second-order valence-electron chi connectivity index (χ2n) is 5.10. The highest BCUT2D eigenvalue weighted by Crippen LogP contribution is 2.31. The Labute approximate surface area is 98.4 Å². The first-order valence-corrected chi connectivity index (χ1v) is 5.95. The summed E-state index contributed by atoms with van der Waals surface area (Å²) < 4.78 is 5.44. The maximum atomic E-state index is 11.5. The fourth-order valence-corrected chi connectivity index (χ4v) is 1.94. The van der Waals surface area contributed by atoms with E-state index in [2.05, 4.69) is 26.5 Å². The van der Waals surface area contributed by atoms with Crippen molar-refractivity contribution in [1.29, 1.82) is 0 Å². The molecule has 0 aromatic carbocycles. The highest BCUT2D eigenvalue weighted by Gasteiger charge is 2.26.